The van der Waals surface area contributed by atoms with Gasteiger partial charge in [-0.15, -0.1) is 5.10 Å². The first-order valence-corrected chi connectivity index (χ1v) is 9.89. The van der Waals surface area contributed by atoms with Gasteiger partial charge in [0.2, 0.25) is 15.9 Å². The summed E-state index contributed by atoms with van der Waals surface area (Å²) in [6.07, 6.45) is 7.78. The summed E-state index contributed by atoms with van der Waals surface area (Å²) < 4.78 is 26.4. The van der Waals surface area contributed by atoms with E-state index in [1.54, 1.807) is 6.20 Å². The van der Waals surface area contributed by atoms with Crippen LogP contribution < -0.4 is 0 Å². The average molecular weight is 341 g/mol. The molecule has 23 heavy (non-hydrogen) atoms. The maximum Gasteiger partial charge on any atom is 0.225 e. The fourth-order valence-electron chi connectivity index (χ4n) is 3.46. The Hall–Kier alpha value is -1.48. The van der Waals surface area contributed by atoms with E-state index in [9.17, 15) is 13.2 Å². The fourth-order valence-corrected chi connectivity index (χ4v) is 4.33. The van der Waals surface area contributed by atoms with E-state index in [2.05, 4.69) is 10.3 Å². The number of likely N-dealkylation sites (tertiary alicyclic amines) is 1. The Labute approximate surface area is 136 Å². The van der Waals surface area contributed by atoms with E-state index in [0.717, 1.165) is 25.9 Å². The predicted octanol–water partition coefficient (Wildman–Crippen LogP) is 0.113. The summed E-state index contributed by atoms with van der Waals surface area (Å²) in [7, 11) is -3.14. The second kappa shape index (κ2) is 6.56. The maximum atomic E-state index is 12.6. The van der Waals surface area contributed by atoms with Crippen molar-refractivity contribution in [1.82, 2.24) is 24.2 Å². The van der Waals surface area contributed by atoms with Crippen LogP contribution in [0.1, 0.15) is 31.7 Å². The van der Waals surface area contributed by atoms with Crippen LogP contribution in [0.25, 0.3) is 0 Å². The number of aromatic nitrogens is 3. The molecule has 3 rings (SSSR count). The van der Waals surface area contributed by atoms with Crippen molar-refractivity contribution < 1.29 is 13.2 Å². The van der Waals surface area contributed by atoms with Crippen LogP contribution in [-0.4, -0.2) is 71.0 Å². The van der Waals surface area contributed by atoms with Gasteiger partial charge < -0.3 is 4.90 Å². The maximum absolute atomic E-state index is 12.6. The van der Waals surface area contributed by atoms with Gasteiger partial charge in [-0.2, -0.15) is 0 Å². The molecule has 1 aromatic rings. The van der Waals surface area contributed by atoms with Crippen molar-refractivity contribution >= 4 is 15.9 Å². The molecule has 2 fully saturated rings. The van der Waals surface area contributed by atoms with Crippen molar-refractivity contribution in [3.63, 3.8) is 0 Å². The van der Waals surface area contributed by atoms with Crippen molar-refractivity contribution in [3.8, 4) is 0 Å². The largest absolute Gasteiger partial charge is 0.342 e. The van der Waals surface area contributed by atoms with Crippen LogP contribution in [0.5, 0.6) is 0 Å². The lowest BCUT2D eigenvalue weighted by Gasteiger charge is -2.36. The van der Waals surface area contributed by atoms with E-state index in [1.165, 1.54) is 10.6 Å². The lowest BCUT2D eigenvalue weighted by atomic mass is 9.95. The second-order valence-corrected chi connectivity index (χ2v) is 8.36. The minimum absolute atomic E-state index is 0.0454. The predicted molar refractivity (Wildman–Crippen MR) is 84.0 cm³/mol. The van der Waals surface area contributed by atoms with Gasteiger partial charge in [0.25, 0.3) is 0 Å². The quantitative estimate of drug-likeness (QED) is 0.779. The van der Waals surface area contributed by atoms with Crippen molar-refractivity contribution in [3.05, 3.63) is 12.4 Å². The van der Waals surface area contributed by atoms with Crippen molar-refractivity contribution in [2.75, 3.05) is 32.4 Å². The van der Waals surface area contributed by atoms with Crippen molar-refractivity contribution in [2.24, 2.45) is 5.92 Å². The minimum atomic E-state index is -3.14. The van der Waals surface area contributed by atoms with Gasteiger partial charge in [-0.25, -0.2) is 17.4 Å². The van der Waals surface area contributed by atoms with Crippen molar-refractivity contribution in [2.45, 2.75) is 31.7 Å². The Balaban J connectivity index is 1.50. The molecule has 0 bridgehead atoms. The van der Waals surface area contributed by atoms with E-state index >= 15 is 0 Å². The molecule has 0 N–H and O–H groups in total. The first-order valence-electron chi connectivity index (χ1n) is 8.05. The lowest BCUT2D eigenvalue weighted by Crippen LogP contribution is -2.46. The van der Waals surface area contributed by atoms with Crippen LogP contribution in [0.2, 0.25) is 0 Å². The Morgan fingerprint density at radius 3 is 2.26 bits per heavy atom. The van der Waals surface area contributed by atoms with Crippen LogP contribution in [0.4, 0.5) is 0 Å². The summed E-state index contributed by atoms with van der Waals surface area (Å²) in [5.74, 6) is 0.131. The second-order valence-electron chi connectivity index (χ2n) is 6.38. The van der Waals surface area contributed by atoms with Crippen molar-refractivity contribution in [1.29, 1.82) is 0 Å². The molecular formula is C14H23N5O3S. The number of carbonyl (C=O) groups is 1. The summed E-state index contributed by atoms with van der Waals surface area (Å²) >= 11 is 0. The molecule has 0 aromatic carbocycles. The van der Waals surface area contributed by atoms with Gasteiger partial charge in [-0.05, 0) is 25.7 Å². The number of carbonyl (C=O) groups excluding carboxylic acids is 1. The highest BCUT2D eigenvalue weighted by molar-refractivity contribution is 7.88. The molecule has 0 atom stereocenters. The Morgan fingerprint density at radius 1 is 1.09 bits per heavy atom. The van der Waals surface area contributed by atoms with Gasteiger partial charge in [-0.1, -0.05) is 5.21 Å². The molecule has 3 heterocycles. The molecule has 0 spiro atoms. The molecule has 1 aromatic heterocycles. The zero-order chi connectivity index (χ0) is 16.4. The molecule has 1 amide bonds. The van der Waals surface area contributed by atoms with E-state index in [4.69, 9.17) is 0 Å². The van der Waals surface area contributed by atoms with E-state index in [-0.39, 0.29) is 11.8 Å². The molecule has 2 aliphatic heterocycles. The number of rotatable bonds is 3. The third-order valence-electron chi connectivity index (χ3n) is 4.86. The van der Waals surface area contributed by atoms with Crippen LogP contribution in [0.15, 0.2) is 12.4 Å². The summed E-state index contributed by atoms with van der Waals surface area (Å²) in [6.45, 7) is 2.36. The summed E-state index contributed by atoms with van der Waals surface area (Å²) in [5, 5.41) is 7.86. The molecule has 8 nitrogen and oxygen atoms in total. The fraction of sp³-hybridized carbons (Fsp3) is 0.786. The molecular weight excluding hydrogens is 318 g/mol. The first-order chi connectivity index (χ1) is 10.9. The summed E-state index contributed by atoms with van der Waals surface area (Å²) in [5.41, 5.74) is 0. The smallest absolute Gasteiger partial charge is 0.225 e. The number of nitrogens with zero attached hydrogens (tertiary/aromatic N) is 5. The van der Waals surface area contributed by atoms with Crippen LogP contribution in [0, 0.1) is 5.92 Å². The number of hydrogen-bond acceptors (Lipinski definition) is 5. The highest BCUT2D eigenvalue weighted by Gasteiger charge is 2.33. The van der Waals surface area contributed by atoms with Gasteiger partial charge in [0, 0.05) is 38.3 Å². The van der Waals surface area contributed by atoms with Crippen LogP contribution >= 0.6 is 0 Å². The van der Waals surface area contributed by atoms with Gasteiger partial charge in [0.05, 0.1) is 18.5 Å². The standard InChI is InChI=1S/C14H23N5O3S/c1-23(21,22)18-9-2-12(3-10-18)14(20)17-7-4-13(5-8-17)19-11-6-15-16-19/h6,11-13H,2-5,7-10H2,1H3. The number of piperidine rings is 2. The van der Waals surface area contributed by atoms with E-state index < -0.39 is 10.0 Å². The Bertz CT molecular complexity index is 629. The molecule has 2 saturated heterocycles. The monoisotopic (exact) mass is 341 g/mol. The Kier molecular flexibility index (Phi) is 4.67. The molecule has 2 aliphatic rings. The van der Waals surface area contributed by atoms with Gasteiger partial charge in [0.1, 0.15) is 0 Å². The molecule has 0 unspecified atom stereocenters. The SMILES string of the molecule is CS(=O)(=O)N1CCC(C(=O)N2CCC(n3ccnn3)CC2)CC1. The van der Waals surface area contributed by atoms with E-state index in [0.29, 0.717) is 32.0 Å². The molecule has 0 radical (unpaired) electrons. The normalized spacial score (nSPS) is 22.4. The number of sulfonamides is 1. The molecule has 0 saturated carbocycles. The third-order valence-corrected chi connectivity index (χ3v) is 6.17. The molecule has 0 aliphatic carbocycles. The zero-order valence-corrected chi connectivity index (χ0v) is 14.2. The number of amides is 1. The Morgan fingerprint density at radius 2 is 1.74 bits per heavy atom. The lowest BCUT2D eigenvalue weighted by molar-refractivity contribution is -0.138. The first kappa shape index (κ1) is 16.4. The molecule has 9 heteroatoms. The number of hydrogen-bond donors (Lipinski definition) is 0. The average Bonchev–Trinajstić information content (AvgIpc) is 3.08. The topological polar surface area (TPSA) is 88.4 Å². The van der Waals surface area contributed by atoms with Gasteiger partial charge in [0.15, 0.2) is 0 Å². The van der Waals surface area contributed by atoms with E-state index in [1.807, 2.05) is 15.8 Å². The molecule has 128 valence electrons. The summed E-state index contributed by atoms with van der Waals surface area (Å²) in [6, 6.07) is 0.314. The zero-order valence-electron chi connectivity index (χ0n) is 13.3. The van der Waals surface area contributed by atoms with Crippen LogP contribution in [-0.2, 0) is 14.8 Å². The minimum Gasteiger partial charge on any atom is -0.342 e. The summed E-state index contributed by atoms with van der Waals surface area (Å²) in [4.78, 5) is 14.6. The van der Waals surface area contributed by atoms with Crippen LogP contribution in [0.3, 0.4) is 0 Å². The van der Waals surface area contributed by atoms with Gasteiger partial charge in [-0.3, -0.25) is 4.79 Å². The highest BCUT2D eigenvalue weighted by Crippen LogP contribution is 2.26. The third kappa shape index (κ3) is 3.72. The highest BCUT2D eigenvalue weighted by atomic mass is 32.2. The van der Waals surface area contributed by atoms with Gasteiger partial charge >= 0.3 is 0 Å².